The first-order chi connectivity index (χ1) is 7.20. The summed E-state index contributed by atoms with van der Waals surface area (Å²) < 4.78 is 83.8. The minimum atomic E-state index is -5.77. The molecule has 1 unspecified atom stereocenters. The third kappa shape index (κ3) is 5.53. The summed E-state index contributed by atoms with van der Waals surface area (Å²) in [6.45, 7) is -0.612. The van der Waals surface area contributed by atoms with E-state index in [9.17, 15) is 30.7 Å². The lowest BCUT2D eigenvalue weighted by atomic mass is 10.2. The highest BCUT2D eigenvalue weighted by Gasteiger charge is 2.63. The lowest BCUT2D eigenvalue weighted by Gasteiger charge is -2.18. The number of hydrogen-bond acceptors (Lipinski definition) is 0. The normalized spacial score (nSPS) is 15.2. The van der Waals surface area contributed by atoms with Crippen molar-refractivity contribution in [1.82, 2.24) is 0 Å². The van der Waals surface area contributed by atoms with E-state index in [1.165, 1.54) is 0 Å². The van der Waals surface area contributed by atoms with Crippen LogP contribution in [0, 0.1) is 0 Å². The van der Waals surface area contributed by atoms with Crippen LogP contribution in [-0.2, 0) is 0 Å². The minimum Gasteiger partial charge on any atom is -0.251 e. The zero-order valence-electron chi connectivity index (χ0n) is 8.34. The average Bonchev–Trinajstić information content (AvgIpc) is 2.10. The maximum atomic E-state index is 12.7. The van der Waals surface area contributed by atoms with Crippen LogP contribution in [0.4, 0.5) is 30.7 Å². The molecular formula is C8H13F7N+. The van der Waals surface area contributed by atoms with Gasteiger partial charge in [0.05, 0.1) is 6.67 Å². The molecule has 1 nitrogen and oxygen atoms in total. The number of unbranched alkanes of at least 4 members (excludes halogenated alkanes) is 2. The van der Waals surface area contributed by atoms with Crippen LogP contribution in [0.25, 0.3) is 0 Å². The van der Waals surface area contributed by atoms with Crippen molar-refractivity contribution in [1.29, 1.82) is 0 Å². The monoisotopic (exact) mass is 256 g/mol. The van der Waals surface area contributed by atoms with Gasteiger partial charge in [-0.2, -0.15) is 17.6 Å². The van der Waals surface area contributed by atoms with Crippen LogP contribution in [0.2, 0.25) is 0 Å². The molecule has 0 saturated carbocycles. The molecule has 2 N–H and O–H groups in total. The van der Waals surface area contributed by atoms with E-state index in [-0.39, 0.29) is 19.3 Å². The van der Waals surface area contributed by atoms with Crippen LogP contribution in [-0.4, -0.2) is 25.2 Å². The van der Waals surface area contributed by atoms with E-state index < -0.39 is 36.9 Å². The van der Waals surface area contributed by atoms with Crippen molar-refractivity contribution in [2.45, 2.75) is 44.2 Å². The third-order valence-electron chi connectivity index (χ3n) is 1.88. The molecule has 0 aromatic carbocycles. The van der Waals surface area contributed by atoms with E-state index in [1.807, 2.05) is 0 Å². The minimum absolute atomic E-state index is 0.0789. The number of nitrogens with two attached hydrogens (primary N) is 1. The van der Waals surface area contributed by atoms with E-state index in [1.54, 1.807) is 0 Å². The summed E-state index contributed by atoms with van der Waals surface area (Å²) in [5, 5.41) is -0.650. The Morgan fingerprint density at radius 1 is 0.938 bits per heavy atom. The fourth-order valence-electron chi connectivity index (χ4n) is 1.02. The maximum Gasteiger partial charge on any atom is 0.515 e. The predicted octanol–water partition coefficient (Wildman–Crippen LogP) is 2.53. The van der Waals surface area contributed by atoms with Crippen molar-refractivity contribution in [3.8, 4) is 0 Å². The Kier molecular flexibility index (Phi) is 6.06. The van der Waals surface area contributed by atoms with E-state index in [0.717, 1.165) is 0 Å². The van der Waals surface area contributed by atoms with Gasteiger partial charge in [-0.3, -0.25) is 4.39 Å². The van der Waals surface area contributed by atoms with Gasteiger partial charge in [-0.25, -0.2) is 5.32 Å². The highest BCUT2D eigenvalue weighted by Crippen LogP contribution is 2.29. The molecule has 0 aliphatic carbocycles. The molecule has 0 fully saturated rings. The molecule has 0 aliphatic rings. The summed E-state index contributed by atoms with van der Waals surface area (Å²) in [6.07, 6.45) is -8.06. The van der Waals surface area contributed by atoms with E-state index in [0.29, 0.717) is 0 Å². The van der Waals surface area contributed by atoms with Crippen molar-refractivity contribution in [3.63, 3.8) is 0 Å². The molecule has 0 aliphatic heterocycles. The van der Waals surface area contributed by atoms with Gasteiger partial charge in [0, 0.05) is 6.42 Å². The van der Waals surface area contributed by atoms with Gasteiger partial charge < -0.3 is 0 Å². The lowest BCUT2D eigenvalue weighted by Crippen LogP contribution is -3.00. The van der Waals surface area contributed by atoms with Crippen LogP contribution < -0.4 is 5.32 Å². The first kappa shape index (κ1) is 15.5. The van der Waals surface area contributed by atoms with Crippen LogP contribution in [0.5, 0.6) is 0 Å². The van der Waals surface area contributed by atoms with Gasteiger partial charge in [-0.05, 0) is 12.8 Å². The van der Waals surface area contributed by atoms with Crippen LogP contribution in [0.1, 0.15) is 25.7 Å². The van der Waals surface area contributed by atoms with E-state index in [2.05, 4.69) is 0 Å². The van der Waals surface area contributed by atoms with Crippen molar-refractivity contribution in [3.05, 3.63) is 0 Å². The number of quaternary nitrogens is 1. The van der Waals surface area contributed by atoms with Gasteiger partial charge in [-0.15, -0.1) is 8.78 Å². The Morgan fingerprint density at radius 3 is 1.94 bits per heavy atom. The first-order valence-electron chi connectivity index (χ1n) is 4.71. The summed E-state index contributed by atoms with van der Waals surface area (Å²) in [7, 11) is 0. The lowest BCUT2D eigenvalue weighted by molar-refractivity contribution is -0.848. The Morgan fingerprint density at radius 2 is 1.50 bits per heavy atom. The zero-order chi connectivity index (χ0) is 12.8. The Bertz CT molecular complexity index is 191. The molecule has 1 atom stereocenters. The average molecular weight is 256 g/mol. The molecule has 16 heavy (non-hydrogen) atoms. The van der Waals surface area contributed by atoms with Crippen molar-refractivity contribution in [2.24, 2.45) is 0 Å². The van der Waals surface area contributed by atoms with Crippen molar-refractivity contribution in [2.75, 3.05) is 6.67 Å². The van der Waals surface area contributed by atoms with Gasteiger partial charge >= 0.3 is 12.2 Å². The maximum absolute atomic E-state index is 12.7. The first-order valence-corrected chi connectivity index (χ1v) is 4.71. The molecule has 0 saturated heterocycles. The highest BCUT2D eigenvalue weighted by molar-refractivity contribution is 4.60. The van der Waals surface area contributed by atoms with Crippen molar-refractivity contribution >= 4 is 0 Å². The molecule has 8 heteroatoms. The summed E-state index contributed by atoms with van der Waals surface area (Å²) in [6, 6.07) is -5.12. The molecule has 0 radical (unpaired) electrons. The molecule has 0 amide bonds. The topological polar surface area (TPSA) is 16.6 Å². The fourth-order valence-corrected chi connectivity index (χ4v) is 1.02. The van der Waals surface area contributed by atoms with Gasteiger partial charge in [0.25, 0.3) is 0 Å². The summed E-state index contributed by atoms with van der Waals surface area (Å²) in [5.41, 5.74) is 0. The van der Waals surface area contributed by atoms with Crippen LogP contribution in [0.15, 0.2) is 0 Å². The van der Waals surface area contributed by atoms with Gasteiger partial charge in [0.2, 0.25) is 6.30 Å². The Balaban J connectivity index is 3.90. The van der Waals surface area contributed by atoms with E-state index in [4.69, 9.17) is 0 Å². The largest absolute Gasteiger partial charge is 0.515 e. The molecule has 0 heterocycles. The summed E-state index contributed by atoms with van der Waals surface area (Å²) >= 11 is 0. The standard InChI is InChI=1S/C8H12F7N/c9-5-3-1-2-4-6(10)16-8(14,15)7(11,12)13/h6,16H,1-5H2/p+1. The smallest absolute Gasteiger partial charge is 0.251 e. The molecule has 0 spiro atoms. The molecule has 0 rings (SSSR count). The molecule has 98 valence electrons. The number of alkyl halides is 7. The fraction of sp³-hybridized carbons (Fsp3) is 1.00. The van der Waals surface area contributed by atoms with Crippen LogP contribution >= 0.6 is 0 Å². The highest BCUT2D eigenvalue weighted by atomic mass is 19.4. The number of rotatable bonds is 7. The molecule has 0 bridgehead atoms. The Labute approximate surface area is 88.0 Å². The summed E-state index contributed by atoms with van der Waals surface area (Å²) in [4.78, 5) is 0. The second-order valence-electron chi connectivity index (χ2n) is 3.34. The molecule has 0 aromatic rings. The molecule has 0 aromatic heterocycles. The van der Waals surface area contributed by atoms with Crippen LogP contribution in [0.3, 0.4) is 0 Å². The zero-order valence-corrected chi connectivity index (χ0v) is 8.34. The Hall–Kier alpha value is -0.530. The second-order valence-corrected chi connectivity index (χ2v) is 3.34. The molecular weight excluding hydrogens is 243 g/mol. The van der Waals surface area contributed by atoms with Gasteiger partial charge in [0.1, 0.15) is 0 Å². The van der Waals surface area contributed by atoms with Crippen molar-refractivity contribution < 1.29 is 36.0 Å². The number of hydrogen-bond donors (Lipinski definition) is 1. The van der Waals surface area contributed by atoms with Gasteiger partial charge in [0.15, 0.2) is 0 Å². The quantitative estimate of drug-likeness (QED) is 0.409. The summed E-state index contributed by atoms with van der Waals surface area (Å²) in [5.74, 6) is 0. The number of halogens is 7. The predicted molar refractivity (Wildman–Crippen MR) is 42.3 cm³/mol. The SMILES string of the molecule is FCCCCCC(F)[NH2+]C(F)(F)C(F)(F)F. The van der Waals surface area contributed by atoms with Gasteiger partial charge in [-0.1, -0.05) is 6.42 Å². The second kappa shape index (κ2) is 6.27. The van der Waals surface area contributed by atoms with E-state index >= 15 is 0 Å². The third-order valence-corrected chi connectivity index (χ3v) is 1.88.